The first-order valence-electron chi connectivity index (χ1n) is 9.48. The van der Waals surface area contributed by atoms with Gasteiger partial charge in [0.05, 0.1) is 17.2 Å². The summed E-state index contributed by atoms with van der Waals surface area (Å²) in [6, 6.07) is 2.23. The van der Waals surface area contributed by atoms with Crippen LogP contribution in [-0.2, 0) is 24.2 Å². The minimum Gasteiger partial charge on any atom is -0.337 e. The highest BCUT2D eigenvalue weighted by atomic mass is 32.2. The molecule has 8 heteroatoms. The number of amides is 1. The van der Waals surface area contributed by atoms with Crippen molar-refractivity contribution in [3.8, 4) is 6.07 Å². The van der Waals surface area contributed by atoms with Crippen LogP contribution in [-0.4, -0.2) is 26.8 Å². The molecule has 1 fully saturated rings. The van der Waals surface area contributed by atoms with Crippen LogP contribution < -0.4 is 10.9 Å². The Morgan fingerprint density at radius 2 is 2.32 bits per heavy atom. The summed E-state index contributed by atoms with van der Waals surface area (Å²) in [6.45, 7) is 5.88. The molecule has 0 radical (unpaired) electrons. The third-order valence-corrected chi connectivity index (χ3v) is 7.62. The molecule has 1 amide bonds. The van der Waals surface area contributed by atoms with E-state index >= 15 is 0 Å². The number of carbonyl (C=O) groups excluding carboxylic acids is 1. The zero-order valence-electron chi connectivity index (χ0n) is 15.8. The number of nitrogens with zero attached hydrogens (tertiary/aromatic N) is 3. The lowest BCUT2D eigenvalue weighted by molar-refractivity contribution is -0.119. The van der Waals surface area contributed by atoms with Gasteiger partial charge in [-0.25, -0.2) is 4.98 Å². The fourth-order valence-electron chi connectivity index (χ4n) is 3.80. The topological polar surface area (TPSA) is 87.8 Å². The van der Waals surface area contributed by atoms with E-state index in [4.69, 9.17) is 4.98 Å². The van der Waals surface area contributed by atoms with Crippen molar-refractivity contribution < 1.29 is 4.79 Å². The van der Waals surface area contributed by atoms with Gasteiger partial charge in [-0.05, 0) is 50.5 Å². The number of aromatic nitrogens is 2. The first-order valence-corrected chi connectivity index (χ1v) is 11.3. The van der Waals surface area contributed by atoms with Crippen LogP contribution in [0.25, 0.3) is 10.2 Å². The Balaban J connectivity index is 1.59. The first-order chi connectivity index (χ1) is 13.5. The van der Waals surface area contributed by atoms with Gasteiger partial charge in [0, 0.05) is 11.4 Å². The van der Waals surface area contributed by atoms with Crippen LogP contribution in [0.4, 0.5) is 0 Å². The molecule has 0 aliphatic heterocycles. The van der Waals surface area contributed by atoms with E-state index in [0.29, 0.717) is 11.7 Å². The third-order valence-electron chi connectivity index (χ3n) is 5.46. The van der Waals surface area contributed by atoms with Crippen molar-refractivity contribution in [3.05, 3.63) is 33.4 Å². The highest BCUT2D eigenvalue weighted by Crippen LogP contribution is 2.39. The molecule has 1 saturated carbocycles. The van der Waals surface area contributed by atoms with E-state index in [1.165, 1.54) is 16.6 Å². The van der Waals surface area contributed by atoms with Crippen LogP contribution in [0.2, 0.25) is 0 Å². The van der Waals surface area contributed by atoms with Gasteiger partial charge in [0.25, 0.3) is 5.56 Å². The van der Waals surface area contributed by atoms with Crippen LogP contribution >= 0.6 is 23.1 Å². The van der Waals surface area contributed by atoms with Gasteiger partial charge >= 0.3 is 0 Å². The van der Waals surface area contributed by atoms with Crippen LogP contribution in [0.5, 0.6) is 0 Å². The molecule has 0 aromatic carbocycles. The normalized spacial score (nSPS) is 17.7. The Labute approximate surface area is 171 Å². The molecule has 28 heavy (non-hydrogen) atoms. The maximum absolute atomic E-state index is 13.1. The molecular formula is C20H22N4O2S2. The van der Waals surface area contributed by atoms with Crippen LogP contribution in [0, 0.1) is 17.2 Å². The number of nitrogens with one attached hydrogen (secondary N) is 1. The highest BCUT2D eigenvalue weighted by Gasteiger charge is 2.43. The summed E-state index contributed by atoms with van der Waals surface area (Å²) in [7, 11) is 0. The Hall–Kier alpha value is -2.11. The maximum Gasteiger partial charge on any atom is 0.263 e. The quantitative estimate of drug-likeness (QED) is 0.427. The van der Waals surface area contributed by atoms with Crippen molar-refractivity contribution in [2.75, 3.05) is 5.75 Å². The summed E-state index contributed by atoms with van der Waals surface area (Å²) in [5.74, 6) is 0.131. The van der Waals surface area contributed by atoms with Crippen molar-refractivity contribution in [3.63, 3.8) is 0 Å². The summed E-state index contributed by atoms with van der Waals surface area (Å²) < 4.78 is 1.60. The fraction of sp³-hybridized carbons (Fsp3) is 0.500. The highest BCUT2D eigenvalue weighted by molar-refractivity contribution is 7.99. The zero-order chi connectivity index (χ0) is 19.9. The number of rotatable bonds is 7. The summed E-state index contributed by atoms with van der Waals surface area (Å²) in [6.07, 6.45) is 6.65. The standard InChI is InChI=1S/C20H22N4O2S2/c1-3-9-24-18(26)16-13-5-4-6-14(13)28-17(16)22-19(24)27-10-15(25)23-20(2,11-21)12-7-8-12/h3,12H,1,4-10H2,2H3,(H,23,25)/t20-/m0/s1. The van der Waals surface area contributed by atoms with Gasteiger partial charge in [-0.1, -0.05) is 17.8 Å². The summed E-state index contributed by atoms with van der Waals surface area (Å²) in [4.78, 5) is 32.3. The van der Waals surface area contributed by atoms with Gasteiger partial charge in [-0.15, -0.1) is 17.9 Å². The number of thiophene rings is 1. The molecule has 0 saturated heterocycles. The summed E-state index contributed by atoms with van der Waals surface area (Å²) in [5.41, 5.74) is 0.288. The minimum absolute atomic E-state index is 0.0490. The van der Waals surface area contributed by atoms with E-state index < -0.39 is 5.54 Å². The molecule has 146 valence electrons. The average molecular weight is 415 g/mol. The van der Waals surface area contributed by atoms with Gasteiger partial charge in [0.1, 0.15) is 10.4 Å². The molecular weight excluding hydrogens is 392 g/mol. The van der Waals surface area contributed by atoms with Crippen molar-refractivity contribution in [1.82, 2.24) is 14.9 Å². The second kappa shape index (κ2) is 7.37. The molecule has 2 aromatic heterocycles. The van der Waals surface area contributed by atoms with E-state index in [1.807, 2.05) is 0 Å². The zero-order valence-corrected chi connectivity index (χ0v) is 17.4. The molecule has 0 spiro atoms. The number of aryl methyl sites for hydroxylation is 2. The molecule has 2 aliphatic rings. The average Bonchev–Trinajstić information content (AvgIpc) is 3.34. The molecule has 1 atom stereocenters. The predicted octanol–water partition coefficient (Wildman–Crippen LogP) is 3.03. The molecule has 0 bridgehead atoms. The predicted molar refractivity (Wildman–Crippen MR) is 112 cm³/mol. The minimum atomic E-state index is -0.815. The second-order valence-electron chi connectivity index (χ2n) is 7.56. The number of carbonyl (C=O) groups is 1. The number of fused-ring (bicyclic) bond motifs is 3. The van der Waals surface area contributed by atoms with Gasteiger partial charge in [-0.2, -0.15) is 5.26 Å². The monoisotopic (exact) mass is 414 g/mol. The largest absolute Gasteiger partial charge is 0.337 e. The van der Waals surface area contributed by atoms with Gasteiger partial charge in [0.2, 0.25) is 5.91 Å². The van der Waals surface area contributed by atoms with Crippen LogP contribution in [0.3, 0.4) is 0 Å². The van der Waals surface area contributed by atoms with E-state index in [0.717, 1.165) is 47.9 Å². The number of hydrogen-bond donors (Lipinski definition) is 1. The van der Waals surface area contributed by atoms with Crippen molar-refractivity contribution >= 4 is 39.2 Å². The summed E-state index contributed by atoms with van der Waals surface area (Å²) in [5, 5.41) is 13.5. The molecule has 2 heterocycles. The Morgan fingerprint density at radius 3 is 3.00 bits per heavy atom. The molecule has 6 nitrogen and oxygen atoms in total. The van der Waals surface area contributed by atoms with Crippen LogP contribution in [0.15, 0.2) is 22.6 Å². The Kier molecular flexibility index (Phi) is 5.06. The van der Waals surface area contributed by atoms with Gasteiger partial charge < -0.3 is 5.32 Å². The summed E-state index contributed by atoms with van der Waals surface area (Å²) >= 11 is 2.83. The van der Waals surface area contributed by atoms with Gasteiger partial charge in [0.15, 0.2) is 5.16 Å². The number of allylic oxidation sites excluding steroid dienone is 1. The van der Waals surface area contributed by atoms with E-state index in [2.05, 4.69) is 18.0 Å². The molecule has 4 rings (SSSR count). The molecule has 2 aromatic rings. The van der Waals surface area contributed by atoms with Crippen molar-refractivity contribution in [1.29, 1.82) is 5.26 Å². The molecule has 2 aliphatic carbocycles. The third kappa shape index (κ3) is 3.38. The lowest BCUT2D eigenvalue weighted by Gasteiger charge is -2.22. The van der Waals surface area contributed by atoms with Gasteiger partial charge in [-0.3, -0.25) is 14.2 Å². The van der Waals surface area contributed by atoms with E-state index in [-0.39, 0.29) is 23.1 Å². The molecule has 1 N–H and O–H groups in total. The fourth-order valence-corrected chi connectivity index (χ4v) is 5.91. The Morgan fingerprint density at radius 1 is 1.54 bits per heavy atom. The maximum atomic E-state index is 13.1. The number of thioether (sulfide) groups is 1. The van der Waals surface area contributed by atoms with E-state index in [1.54, 1.807) is 28.9 Å². The van der Waals surface area contributed by atoms with Crippen molar-refractivity contribution in [2.45, 2.75) is 56.3 Å². The Bertz CT molecular complexity index is 1060. The van der Waals surface area contributed by atoms with E-state index in [9.17, 15) is 14.9 Å². The second-order valence-corrected chi connectivity index (χ2v) is 9.59. The lowest BCUT2D eigenvalue weighted by Crippen LogP contribution is -2.47. The molecule has 0 unspecified atom stereocenters. The van der Waals surface area contributed by atoms with Crippen molar-refractivity contribution in [2.24, 2.45) is 5.92 Å². The smallest absolute Gasteiger partial charge is 0.263 e. The number of nitriles is 1. The first kappa shape index (κ1) is 19.2. The van der Waals surface area contributed by atoms with Crippen LogP contribution in [0.1, 0.15) is 36.6 Å². The lowest BCUT2D eigenvalue weighted by atomic mass is 9.98. The SMILES string of the molecule is C=CCn1c(SCC(=O)N[C@@](C)(C#N)C2CC2)nc2sc3c(c2c1=O)CCC3. The number of hydrogen-bond acceptors (Lipinski definition) is 6.